The third kappa shape index (κ3) is 5.71. The fourth-order valence-electron chi connectivity index (χ4n) is 8.84. The minimum atomic E-state index is -2.82. The van der Waals surface area contributed by atoms with Gasteiger partial charge in [-0.3, -0.25) is 0 Å². The molecule has 9 aromatic carbocycles. The minimum Gasteiger partial charge on any atom is -0.311 e. The van der Waals surface area contributed by atoms with E-state index in [1.807, 2.05) is 0 Å². The van der Waals surface area contributed by atoms with E-state index in [4.69, 9.17) is 0 Å². The molecule has 1 aliphatic rings. The minimum absolute atomic E-state index is 1.12. The van der Waals surface area contributed by atoms with Gasteiger partial charge in [0.25, 0.3) is 0 Å². The van der Waals surface area contributed by atoms with Crippen LogP contribution in [-0.2, 0) is 0 Å². The first kappa shape index (κ1) is 33.6. The molecule has 264 valence electrons. The number of anilines is 3. The van der Waals surface area contributed by atoms with Crippen molar-refractivity contribution in [3.8, 4) is 44.5 Å². The van der Waals surface area contributed by atoms with E-state index in [-0.39, 0.29) is 0 Å². The van der Waals surface area contributed by atoms with E-state index in [0.29, 0.717) is 0 Å². The van der Waals surface area contributed by atoms with Crippen LogP contribution in [0.4, 0.5) is 17.1 Å². The number of nitrogens with zero attached hydrogens (tertiary/aromatic N) is 1. The number of rotatable bonds is 8. The molecule has 0 saturated heterocycles. The summed E-state index contributed by atoms with van der Waals surface area (Å²) >= 11 is 0. The van der Waals surface area contributed by atoms with Gasteiger partial charge in [0, 0.05) is 17.1 Å². The molecule has 0 bridgehead atoms. The highest BCUT2D eigenvalue weighted by Gasteiger charge is 2.50. The average molecular weight is 730 g/mol. The van der Waals surface area contributed by atoms with Gasteiger partial charge < -0.3 is 4.90 Å². The zero-order chi connectivity index (χ0) is 37.3. The molecule has 2 heteroatoms. The van der Waals surface area contributed by atoms with Crippen LogP contribution in [0.2, 0.25) is 0 Å². The zero-order valence-electron chi connectivity index (χ0n) is 31.0. The number of fused-ring (bicyclic) bond motifs is 3. The molecule has 1 nitrogen and oxygen atoms in total. The number of hydrogen-bond donors (Lipinski definition) is 0. The Bertz CT molecular complexity index is 2720. The second-order valence-corrected chi connectivity index (χ2v) is 18.2. The van der Waals surface area contributed by atoms with Crippen molar-refractivity contribution in [1.82, 2.24) is 0 Å². The summed E-state index contributed by atoms with van der Waals surface area (Å²) in [5.74, 6) is 0. The second kappa shape index (κ2) is 14.3. The SMILES string of the molecule is c1ccc(-c2ccc(-c3ccc(N(c4cccc(-c5ccccc5)c4)c4cccc5c4[Si](c4ccccc4)(c4ccccc4)c4ccccc4-5)cc3)cc2)cc1. The van der Waals surface area contributed by atoms with Crippen molar-refractivity contribution < 1.29 is 0 Å². The lowest BCUT2D eigenvalue weighted by Crippen LogP contribution is -2.73. The Morgan fingerprint density at radius 3 is 1.30 bits per heavy atom. The van der Waals surface area contributed by atoms with Gasteiger partial charge in [0.05, 0.1) is 0 Å². The van der Waals surface area contributed by atoms with Crippen molar-refractivity contribution >= 4 is 45.9 Å². The lowest BCUT2D eigenvalue weighted by Gasteiger charge is -2.36. The monoisotopic (exact) mass is 729 g/mol. The number of hydrogen-bond acceptors (Lipinski definition) is 1. The summed E-state index contributed by atoms with van der Waals surface area (Å²) in [5, 5.41) is 5.63. The summed E-state index contributed by atoms with van der Waals surface area (Å²) in [6.07, 6.45) is 0. The molecule has 0 aliphatic carbocycles. The van der Waals surface area contributed by atoms with Crippen molar-refractivity contribution in [2.24, 2.45) is 0 Å². The first-order valence-corrected chi connectivity index (χ1v) is 21.3. The normalized spacial score (nSPS) is 12.4. The van der Waals surface area contributed by atoms with Gasteiger partial charge in [-0.2, -0.15) is 0 Å². The molecular formula is C54H39NSi. The molecule has 0 spiro atoms. The van der Waals surface area contributed by atoms with Gasteiger partial charge in [-0.25, -0.2) is 0 Å². The average Bonchev–Trinajstić information content (AvgIpc) is 3.60. The van der Waals surface area contributed by atoms with Crippen LogP contribution in [0.3, 0.4) is 0 Å². The number of benzene rings is 9. The van der Waals surface area contributed by atoms with Crippen LogP contribution in [0.5, 0.6) is 0 Å². The molecule has 9 aromatic rings. The molecule has 0 atom stereocenters. The maximum atomic E-state index is 2.51. The molecule has 0 radical (unpaired) electrons. The fourth-order valence-corrected chi connectivity index (χ4v) is 14.2. The zero-order valence-corrected chi connectivity index (χ0v) is 32.0. The Hall–Kier alpha value is -7.00. The molecule has 0 amide bonds. The Balaban J connectivity index is 1.19. The Morgan fingerprint density at radius 1 is 0.286 bits per heavy atom. The molecular weight excluding hydrogens is 691 g/mol. The molecule has 0 saturated carbocycles. The fraction of sp³-hybridized carbons (Fsp3) is 0. The first-order chi connectivity index (χ1) is 27.8. The summed E-state index contributed by atoms with van der Waals surface area (Å²) in [7, 11) is -2.82. The molecule has 0 fully saturated rings. The molecule has 10 rings (SSSR count). The van der Waals surface area contributed by atoms with Crippen molar-refractivity contribution in [2.75, 3.05) is 4.90 Å². The molecule has 0 unspecified atom stereocenters. The van der Waals surface area contributed by atoms with Gasteiger partial charge in [-0.1, -0.05) is 206 Å². The second-order valence-electron chi connectivity index (χ2n) is 14.5. The molecule has 0 N–H and O–H groups in total. The highest BCUT2D eigenvalue weighted by atomic mass is 28.3. The van der Waals surface area contributed by atoms with Crippen molar-refractivity contribution in [2.45, 2.75) is 0 Å². The highest BCUT2D eigenvalue weighted by molar-refractivity contribution is 7.22. The third-order valence-electron chi connectivity index (χ3n) is 11.4. The van der Waals surface area contributed by atoms with Crippen LogP contribution in [0.25, 0.3) is 44.5 Å². The van der Waals surface area contributed by atoms with E-state index in [2.05, 4.69) is 241 Å². The highest BCUT2D eigenvalue weighted by Crippen LogP contribution is 2.41. The van der Waals surface area contributed by atoms with Gasteiger partial charge in [0.2, 0.25) is 0 Å². The maximum Gasteiger partial charge on any atom is 0.183 e. The topological polar surface area (TPSA) is 3.24 Å². The van der Waals surface area contributed by atoms with Crippen molar-refractivity contribution in [1.29, 1.82) is 0 Å². The molecule has 0 aromatic heterocycles. The Morgan fingerprint density at radius 2 is 0.714 bits per heavy atom. The largest absolute Gasteiger partial charge is 0.311 e. The van der Waals surface area contributed by atoms with E-state index in [0.717, 1.165) is 11.4 Å². The van der Waals surface area contributed by atoms with Gasteiger partial charge in [0.15, 0.2) is 8.07 Å². The van der Waals surface area contributed by atoms with E-state index in [9.17, 15) is 0 Å². The quantitative estimate of drug-likeness (QED) is 0.141. The lowest BCUT2D eigenvalue weighted by molar-refractivity contribution is 1.29. The van der Waals surface area contributed by atoms with E-state index >= 15 is 0 Å². The van der Waals surface area contributed by atoms with Crippen LogP contribution in [-0.4, -0.2) is 8.07 Å². The summed E-state index contributed by atoms with van der Waals surface area (Å²) in [6.45, 7) is 0. The first-order valence-electron chi connectivity index (χ1n) is 19.3. The van der Waals surface area contributed by atoms with E-state index in [1.165, 1.54) is 70.9 Å². The van der Waals surface area contributed by atoms with Crippen LogP contribution < -0.4 is 25.6 Å². The van der Waals surface area contributed by atoms with Crippen LogP contribution >= 0.6 is 0 Å². The van der Waals surface area contributed by atoms with E-state index < -0.39 is 8.07 Å². The third-order valence-corrected chi connectivity index (χ3v) is 16.3. The maximum absolute atomic E-state index is 2.82. The smallest absolute Gasteiger partial charge is 0.183 e. The summed E-state index contributed by atoms with van der Waals surface area (Å²) in [5.41, 5.74) is 13.3. The van der Waals surface area contributed by atoms with E-state index in [1.54, 1.807) is 0 Å². The van der Waals surface area contributed by atoms with Crippen molar-refractivity contribution in [3.63, 3.8) is 0 Å². The predicted octanol–water partition coefficient (Wildman–Crippen LogP) is 11.5. The Kier molecular flexibility index (Phi) is 8.59. The van der Waals surface area contributed by atoms with Crippen LogP contribution in [0.1, 0.15) is 0 Å². The Labute approximate surface area is 330 Å². The summed E-state index contributed by atoms with van der Waals surface area (Å²) in [6, 6.07) is 87.0. The molecule has 1 aliphatic heterocycles. The van der Waals surface area contributed by atoms with Crippen molar-refractivity contribution in [3.05, 3.63) is 237 Å². The van der Waals surface area contributed by atoms with Crippen LogP contribution in [0.15, 0.2) is 237 Å². The van der Waals surface area contributed by atoms with Crippen LogP contribution in [0, 0.1) is 0 Å². The van der Waals surface area contributed by atoms with Gasteiger partial charge in [-0.15, -0.1) is 0 Å². The molecule has 56 heavy (non-hydrogen) atoms. The predicted molar refractivity (Wildman–Crippen MR) is 240 cm³/mol. The molecule has 1 heterocycles. The summed E-state index contributed by atoms with van der Waals surface area (Å²) in [4.78, 5) is 2.51. The van der Waals surface area contributed by atoms with Gasteiger partial charge in [0.1, 0.15) is 0 Å². The summed E-state index contributed by atoms with van der Waals surface area (Å²) < 4.78 is 0. The lowest BCUT2D eigenvalue weighted by atomic mass is 9.99. The standard InChI is InChI=1S/C54H39NSi/c1-5-17-40(18-6-1)42-31-33-43(34-32-42)44-35-37-46(38-36-44)55(47-22-15-21-45(39-47)41-19-7-2-8-20-41)52-29-16-28-51-50-27-13-14-30-53(50)56(54(51)52,48-23-9-3-10-24-48)49-25-11-4-12-26-49/h1-39H. The van der Waals surface area contributed by atoms with Gasteiger partial charge >= 0.3 is 0 Å². The van der Waals surface area contributed by atoms with Gasteiger partial charge in [-0.05, 0) is 95.6 Å².